The smallest absolute Gasteiger partial charge is 0.359 e. The van der Waals surface area contributed by atoms with Crippen molar-refractivity contribution < 1.29 is 13.9 Å². The number of aromatic nitrogens is 2. The maximum absolute atomic E-state index is 12.9. The Kier molecular flexibility index (Phi) is 3.50. The first-order valence-corrected chi connectivity index (χ1v) is 5.82. The highest BCUT2D eigenvalue weighted by Gasteiger charge is 2.20. The summed E-state index contributed by atoms with van der Waals surface area (Å²) < 4.78 is 19.2. The van der Waals surface area contributed by atoms with Gasteiger partial charge in [0.2, 0.25) is 0 Å². The first-order valence-electron chi connectivity index (χ1n) is 5.82. The van der Waals surface area contributed by atoms with Crippen molar-refractivity contribution >= 4 is 11.8 Å². The standard InChI is InChI=1S/C13H14FN3O2/c1-3-19-13(18)11-8(2)12(15)17(16-11)10-6-4-9(14)5-7-10/h4-7H,3,15H2,1-2H3. The van der Waals surface area contributed by atoms with Crippen LogP contribution in [0.15, 0.2) is 24.3 Å². The highest BCUT2D eigenvalue weighted by molar-refractivity contribution is 5.90. The van der Waals surface area contributed by atoms with Crippen molar-refractivity contribution in [3.8, 4) is 5.69 Å². The maximum atomic E-state index is 12.9. The van der Waals surface area contributed by atoms with Crippen LogP contribution in [0.4, 0.5) is 10.2 Å². The molecule has 0 aliphatic heterocycles. The topological polar surface area (TPSA) is 70.1 Å². The summed E-state index contributed by atoms with van der Waals surface area (Å²) in [5, 5.41) is 4.12. The van der Waals surface area contributed by atoms with Crippen LogP contribution >= 0.6 is 0 Å². The molecule has 0 unspecified atom stereocenters. The number of anilines is 1. The summed E-state index contributed by atoms with van der Waals surface area (Å²) in [7, 11) is 0. The van der Waals surface area contributed by atoms with E-state index in [0.717, 1.165) is 0 Å². The summed E-state index contributed by atoms with van der Waals surface area (Å²) in [5.74, 6) is -0.543. The summed E-state index contributed by atoms with van der Waals surface area (Å²) in [5.41, 5.74) is 7.20. The average molecular weight is 263 g/mol. The largest absolute Gasteiger partial charge is 0.461 e. The third-order valence-corrected chi connectivity index (χ3v) is 2.71. The molecule has 5 nitrogen and oxygen atoms in total. The van der Waals surface area contributed by atoms with Crippen molar-refractivity contribution in [3.63, 3.8) is 0 Å². The molecule has 0 bridgehead atoms. The number of esters is 1. The molecule has 1 heterocycles. The van der Waals surface area contributed by atoms with Crippen LogP contribution in [0.25, 0.3) is 5.69 Å². The number of halogens is 1. The number of nitrogens with zero attached hydrogens (tertiary/aromatic N) is 2. The highest BCUT2D eigenvalue weighted by Crippen LogP contribution is 2.21. The monoisotopic (exact) mass is 263 g/mol. The zero-order valence-electron chi connectivity index (χ0n) is 10.7. The molecule has 0 fully saturated rings. The van der Waals surface area contributed by atoms with E-state index in [-0.39, 0.29) is 18.1 Å². The molecule has 1 aromatic carbocycles. The molecule has 2 rings (SSSR count). The molecule has 2 N–H and O–H groups in total. The quantitative estimate of drug-likeness (QED) is 0.861. The molecule has 0 amide bonds. The van der Waals surface area contributed by atoms with Crippen molar-refractivity contribution in [2.45, 2.75) is 13.8 Å². The Morgan fingerprint density at radius 3 is 2.63 bits per heavy atom. The number of carbonyl (C=O) groups is 1. The number of benzene rings is 1. The van der Waals surface area contributed by atoms with Crippen molar-refractivity contribution in [3.05, 3.63) is 41.3 Å². The Labute approximate surface area is 109 Å². The fraction of sp³-hybridized carbons (Fsp3) is 0.231. The Hall–Kier alpha value is -2.37. The lowest BCUT2D eigenvalue weighted by Crippen LogP contribution is -2.07. The van der Waals surface area contributed by atoms with Gasteiger partial charge in [-0.2, -0.15) is 5.10 Å². The van der Waals surface area contributed by atoms with Crippen molar-refractivity contribution in [2.24, 2.45) is 0 Å². The van der Waals surface area contributed by atoms with Crippen LogP contribution in [-0.2, 0) is 4.74 Å². The fourth-order valence-corrected chi connectivity index (χ4v) is 1.68. The summed E-state index contributed by atoms with van der Waals surface area (Å²) >= 11 is 0. The first-order chi connectivity index (χ1) is 9.04. The summed E-state index contributed by atoms with van der Waals surface area (Å²) in [4.78, 5) is 11.7. The fourth-order valence-electron chi connectivity index (χ4n) is 1.68. The summed E-state index contributed by atoms with van der Waals surface area (Å²) in [6.45, 7) is 3.67. The van der Waals surface area contributed by atoms with Gasteiger partial charge in [-0.15, -0.1) is 0 Å². The van der Waals surface area contributed by atoms with Crippen LogP contribution in [0.5, 0.6) is 0 Å². The zero-order valence-corrected chi connectivity index (χ0v) is 10.7. The van der Waals surface area contributed by atoms with Crippen LogP contribution in [0.2, 0.25) is 0 Å². The second-order valence-electron chi connectivity index (χ2n) is 3.97. The van der Waals surface area contributed by atoms with Crippen LogP contribution in [-0.4, -0.2) is 22.4 Å². The maximum Gasteiger partial charge on any atom is 0.359 e. The molecule has 0 saturated heterocycles. The number of rotatable bonds is 3. The molecule has 0 aliphatic carbocycles. The number of nitrogen functional groups attached to an aromatic ring is 1. The molecular formula is C13H14FN3O2. The molecule has 0 atom stereocenters. The minimum atomic E-state index is -0.521. The van der Waals surface area contributed by atoms with Crippen molar-refractivity contribution in [1.82, 2.24) is 9.78 Å². The van der Waals surface area contributed by atoms with Gasteiger partial charge in [0, 0.05) is 5.56 Å². The van der Waals surface area contributed by atoms with Gasteiger partial charge in [-0.1, -0.05) is 0 Å². The Morgan fingerprint density at radius 2 is 2.05 bits per heavy atom. The van der Waals surface area contributed by atoms with Gasteiger partial charge in [0.1, 0.15) is 11.6 Å². The number of hydrogen-bond acceptors (Lipinski definition) is 4. The third kappa shape index (κ3) is 2.42. The molecule has 0 spiro atoms. The number of carbonyl (C=O) groups excluding carboxylic acids is 1. The van der Waals surface area contributed by atoms with Gasteiger partial charge >= 0.3 is 5.97 Å². The van der Waals surface area contributed by atoms with E-state index in [1.54, 1.807) is 13.8 Å². The number of nitrogens with two attached hydrogens (primary N) is 1. The first kappa shape index (κ1) is 13.1. The van der Waals surface area contributed by atoms with Crippen LogP contribution in [0.3, 0.4) is 0 Å². The Morgan fingerprint density at radius 1 is 1.42 bits per heavy atom. The van der Waals surface area contributed by atoms with Crippen molar-refractivity contribution in [1.29, 1.82) is 0 Å². The summed E-state index contributed by atoms with van der Waals surface area (Å²) in [6.07, 6.45) is 0. The van der Waals surface area contributed by atoms with E-state index >= 15 is 0 Å². The molecule has 19 heavy (non-hydrogen) atoms. The molecule has 100 valence electrons. The predicted octanol–water partition coefficient (Wildman–Crippen LogP) is 2.08. The second kappa shape index (κ2) is 5.09. The Balaban J connectivity index is 2.45. The number of hydrogen-bond donors (Lipinski definition) is 1. The van der Waals surface area contributed by atoms with E-state index in [9.17, 15) is 9.18 Å². The predicted molar refractivity (Wildman–Crippen MR) is 68.6 cm³/mol. The Bertz CT molecular complexity index is 605. The normalized spacial score (nSPS) is 10.5. The lowest BCUT2D eigenvalue weighted by atomic mass is 10.2. The van der Waals surface area contributed by atoms with E-state index in [0.29, 0.717) is 17.1 Å². The third-order valence-electron chi connectivity index (χ3n) is 2.71. The molecular weight excluding hydrogens is 249 g/mol. The van der Waals surface area contributed by atoms with Crippen molar-refractivity contribution in [2.75, 3.05) is 12.3 Å². The van der Waals surface area contributed by atoms with E-state index in [1.807, 2.05) is 0 Å². The van der Waals surface area contributed by atoms with E-state index in [4.69, 9.17) is 10.5 Å². The van der Waals surface area contributed by atoms with Gasteiger partial charge < -0.3 is 10.5 Å². The van der Waals surface area contributed by atoms with Crippen LogP contribution in [0.1, 0.15) is 23.0 Å². The van der Waals surface area contributed by atoms with E-state index < -0.39 is 5.97 Å². The lowest BCUT2D eigenvalue weighted by Gasteiger charge is -2.03. The molecule has 1 aromatic heterocycles. The zero-order chi connectivity index (χ0) is 14.0. The SMILES string of the molecule is CCOC(=O)c1nn(-c2ccc(F)cc2)c(N)c1C. The van der Waals surface area contributed by atoms with Gasteiger partial charge in [-0.25, -0.2) is 13.9 Å². The molecule has 0 aliphatic rings. The average Bonchev–Trinajstić information content (AvgIpc) is 2.68. The van der Waals surface area contributed by atoms with Gasteiger partial charge in [0.05, 0.1) is 12.3 Å². The van der Waals surface area contributed by atoms with Gasteiger partial charge in [-0.05, 0) is 38.1 Å². The highest BCUT2D eigenvalue weighted by atomic mass is 19.1. The number of ether oxygens (including phenoxy) is 1. The molecule has 6 heteroatoms. The molecule has 0 saturated carbocycles. The van der Waals surface area contributed by atoms with E-state index in [1.165, 1.54) is 28.9 Å². The lowest BCUT2D eigenvalue weighted by molar-refractivity contribution is 0.0518. The molecule has 0 radical (unpaired) electrons. The van der Waals surface area contributed by atoms with Gasteiger partial charge in [-0.3, -0.25) is 0 Å². The second-order valence-corrected chi connectivity index (χ2v) is 3.97. The minimum absolute atomic E-state index is 0.170. The van der Waals surface area contributed by atoms with Crippen LogP contribution in [0, 0.1) is 12.7 Å². The summed E-state index contributed by atoms with van der Waals surface area (Å²) in [6, 6.07) is 5.67. The van der Waals surface area contributed by atoms with Gasteiger partial charge in [0.15, 0.2) is 5.69 Å². The van der Waals surface area contributed by atoms with E-state index in [2.05, 4.69) is 5.10 Å². The van der Waals surface area contributed by atoms with Gasteiger partial charge in [0.25, 0.3) is 0 Å². The van der Waals surface area contributed by atoms with Crippen LogP contribution < -0.4 is 5.73 Å². The molecule has 2 aromatic rings. The minimum Gasteiger partial charge on any atom is -0.461 e.